The van der Waals surface area contributed by atoms with Crippen LogP contribution >= 0.6 is 0 Å². The molecule has 272 valence electrons. The fraction of sp³-hybridized carbons (Fsp3) is 0. The minimum Gasteiger partial charge on any atom is -0.456 e. The summed E-state index contributed by atoms with van der Waals surface area (Å²) in [4.78, 5) is 2.33. The number of furan rings is 1. The van der Waals surface area contributed by atoms with Crippen molar-refractivity contribution in [2.45, 2.75) is 0 Å². The molecule has 0 amide bonds. The van der Waals surface area contributed by atoms with Crippen molar-refractivity contribution >= 4 is 82.6 Å². The van der Waals surface area contributed by atoms with Crippen LogP contribution in [0, 0.1) is 0 Å². The molecule has 9 aromatic carbocycles. The van der Waals surface area contributed by atoms with Gasteiger partial charge in [0.2, 0.25) is 0 Å². The maximum atomic E-state index is 6.22. The molecule has 12 rings (SSSR count). The van der Waals surface area contributed by atoms with Crippen molar-refractivity contribution in [2.75, 3.05) is 4.90 Å². The van der Waals surface area contributed by atoms with Crippen LogP contribution in [0.15, 0.2) is 217 Å². The van der Waals surface area contributed by atoms with Crippen molar-refractivity contribution < 1.29 is 4.42 Å². The van der Waals surface area contributed by atoms with E-state index in [1.165, 1.54) is 54.7 Å². The van der Waals surface area contributed by atoms with Gasteiger partial charge >= 0.3 is 0 Å². The molecular weight excluding hydrogens is 707 g/mol. The zero-order valence-corrected chi connectivity index (χ0v) is 31.5. The first-order valence-electron chi connectivity index (χ1n) is 19.8. The molecule has 0 aliphatic rings. The van der Waals surface area contributed by atoms with Crippen LogP contribution in [0.2, 0.25) is 0 Å². The Kier molecular flexibility index (Phi) is 7.20. The number of para-hydroxylation sites is 5. The summed E-state index contributed by atoms with van der Waals surface area (Å²) in [6.45, 7) is 0. The van der Waals surface area contributed by atoms with Crippen LogP contribution in [0.5, 0.6) is 0 Å². The van der Waals surface area contributed by atoms with Crippen LogP contribution in [0.4, 0.5) is 17.1 Å². The van der Waals surface area contributed by atoms with Crippen LogP contribution < -0.4 is 4.90 Å². The van der Waals surface area contributed by atoms with Crippen LogP contribution in [0.25, 0.3) is 88.1 Å². The van der Waals surface area contributed by atoms with Gasteiger partial charge in [0, 0.05) is 60.8 Å². The molecular formula is C54H35N3O. The Bertz CT molecular complexity index is 3520. The molecule has 4 nitrogen and oxygen atoms in total. The lowest BCUT2D eigenvalue weighted by Crippen LogP contribution is -2.10. The molecule has 12 aromatic rings. The lowest BCUT2D eigenvalue weighted by atomic mass is 10.0. The molecule has 0 spiro atoms. The molecule has 0 saturated carbocycles. The summed E-state index contributed by atoms with van der Waals surface area (Å²) in [7, 11) is 0. The van der Waals surface area contributed by atoms with Gasteiger partial charge in [0.1, 0.15) is 11.2 Å². The molecule has 0 radical (unpaired) electrons. The number of anilines is 3. The van der Waals surface area contributed by atoms with Crippen molar-refractivity contribution in [3.63, 3.8) is 0 Å². The average molecular weight is 742 g/mol. The molecule has 4 heteroatoms. The molecule has 0 atom stereocenters. The van der Waals surface area contributed by atoms with E-state index in [0.717, 1.165) is 50.4 Å². The molecule has 0 fully saturated rings. The standard InChI is InChI=1S/C54H35N3O/c1-3-14-38(15-4-1)55(42-28-31-54-48(35-42)46-22-9-12-25-53(46)58-54)40-18-13-19-41(34-40)57-50-24-11-8-21-44(50)47-32-36(27-30-51(47)57)37-26-29-45-43-20-7-10-23-49(43)56(52(45)33-37)39-16-5-2-6-17-39/h1-35H. The van der Waals surface area contributed by atoms with Gasteiger partial charge in [-0.25, -0.2) is 0 Å². The zero-order chi connectivity index (χ0) is 38.2. The third-order valence-electron chi connectivity index (χ3n) is 11.7. The first-order valence-corrected chi connectivity index (χ1v) is 19.8. The first-order chi connectivity index (χ1) is 28.8. The minimum absolute atomic E-state index is 0.884. The van der Waals surface area contributed by atoms with E-state index in [1.807, 2.05) is 12.1 Å². The van der Waals surface area contributed by atoms with Crippen molar-refractivity contribution in [3.8, 4) is 22.5 Å². The van der Waals surface area contributed by atoms with Gasteiger partial charge < -0.3 is 18.5 Å². The van der Waals surface area contributed by atoms with E-state index >= 15 is 0 Å². The second-order valence-corrected chi connectivity index (χ2v) is 15.0. The summed E-state index contributed by atoms with van der Waals surface area (Å²) < 4.78 is 11.0. The molecule has 0 aliphatic heterocycles. The topological polar surface area (TPSA) is 26.2 Å². The number of benzene rings is 9. The molecule has 58 heavy (non-hydrogen) atoms. The zero-order valence-electron chi connectivity index (χ0n) is 31.5. The Morgan fingerprint density at radius 3 is 1.66 bits per heavy atom. The number of aromatic nitrogens is 2. The number of fused-ring (bicyclic) bond motifs is 9. The van der Waals surface area contributed by atoms with E-state index in [0.29, 0.717) is 0 Å². The highest BCUT2D eigenvalue weighted by atomic mass is 16.3. The Morgan fingerprint density at radius 2 is 0.845 bits per heavy atom. The monoisotopic (exact) mass is 741 g/mol. The van der Waals surface area contributed by atoms with E-state index in [9.17, 15) is 0 Å². The lowest BCUT2D eigenvalue weighted by Gasteiger charge is -2.26. The Morgan fingerprint density at radius 1 is 0.293 bits per heavy atom. The van der Waals surface area contributed by atoms with Gasteiger partial charge in [0.05, 0.1) is 22.1 Å². The van der Waals surface area contributed by atoms with Crippen molar-refractivity contribution in [1.82, 2.24) is 9.13 Å². The molecule has 0 N–H and O–H groups in total. The largest absolute Gasteiger partial charge is 0.456 e. The van der Waals surface area contributed by atoms with Crippen molar-refractivity contribution in [3.05, 3.63) is 212 Å². The SMILES string of the molecule is c1ccc(N(c2cccc(-n3c4ccccc4c4cc(-c5ccc6c7ccccc7n(-c7ccccc7)c6c5)ccc43)c2)c2ccc3oc4ccccc4c3c2)cc1. The summed E-state index contributed by atoms with van der Waals surface area (Å²) in [5.41, 5.74) is 14.4. The molecule has 0 saturated heterocycles. The third kappa shape index (κ3) is 5.02. The molecule has 0 aliphatic carbocycles. The molecule has 0 unspecified atom stereocenters. The summed E-state index contributed by atoms with van der Waals surface area (Å²) in [5, 5.41) is 7.17. The predicted molar refractivity (Wildman–Crippen MR) is 243 cm³/mol. The smallest absolute Gasteiger partial charge is 0.135 e. The maximum Gasteiger partial charge on any atom is 0.135 e. The van der Waals surface area contributed by atoms with Crippen LogP contribution in [0.3, 0.4) is 0 Å². The molecule has 0 bridgehead atoms. The minimum atomic E-state index is 0.884. The summed E-state index contributed by atoms with van der Waals surface area (Å²) >= 11 is 0. The van der Waals surface area contributed by atoms with Gasteiger partial charge in [0.15, 0.2) is 0 Å². The molecule has 3 heterocycles. The van der Waals surface area contributed by atoms with Gasteiger partial charge in [-0.15, -0.1) is 0 Å². The van der Waals surface area contributed by atoms with Crippen molar-refractivity contribution in [1.29, 1.82) is 0 Å². The van der Waals surface area contributed by atoms with Gasteiger partial charge in [-0.05, 0) is 108 Å². The Hall–Kier alpha value is -7.82. The van der Waals surface area contributed by atoms with E-state index in [2.05, 4.69) is 214 Å². The van der Waals surface area contributed by atoms with Crippen LogP contribution in [-0.2, 0) is 0 Å². The quantitative estimate of drug-likeness (QED) is 0.170. The fourth-order valence-corrected chi connectivity index (χ4v) is 9.08. The Labute approximate surface area is 334 Å². The predicted octanol–water partition coefficient (Wildman–Crippen LogP) is 14.9. The van der Waals surface area contributed by atoms with Gasteiger partial charge in [-0.1, -0.05) is 115 Å². The maximum absolute atomic E-state index is 6.22. The number of hydrogen-bond acceptors (Lipinski definition) is 2. The summed E-state index contributed by atoms with van der Waals surface area (Å²) in [5.74, 6) is 0. The number of rotatable bonds is 6. The summed E-state index contributed by atoms with van der Waals surface area (Å²) in [6.07, 6.45) is 0. The van der Waals surface area contributed by atoms with E-state index in [4.69, 9.17) is 4.42 Å². The van der Waals surface area contributed by atoms with E-state index < -0.39 is 0 Å². The third-order valence-corrected chi connectivity index (χ3v) is 11.7. The number of hydrogen-bond donors (Lipinski definition) is 0. The number of nitrogens with zero attached hydrogens (tertiary/aromatic N) is 3. The highest BCUT2D eigenvalue weighted by Gasteiger charge is 2.19. The second kappa shape index (κ2) is 12.9. The van der Waals surface area contributed by atoms with Crippen molar-refractivity contribution in [2.24, 2.45) is 0 Å². The second-order valence-electron chi connectivity index (χ2n) is 15.0. The molecule has 3 aromatic heterocycles. The van der Waals surface area contributed by atoms with E-state index in [1.54, 1.807) is 0 Å². The Balaban J connectivity index is 1.01. The van der Waals surface area contributed by atoms with Gasteiger partial charge in [0.25, 0.3) is 0 Å². The van der Waals surface area contributed by atoms with E-state index in [-0.39, 0.29) is 0 Å². The van der Waals surface area contributed by atoms with Crippen LogP contribution in [-0.4, -0.2) is 9.13 Å². The van der Waals surface area contributed by atoms with Crippen LogP contribution in [0.1, 0.15) is 0 Å². The highest BCUT2D eigenvalue weighted by molar-refractivity contribution is 6.13. The fourth-order valence-electron chi connectivity index (χ4n) is 9.08. The average Bonchev–Trinajstić information content (AvgIpc) is 3.94. The van der Waals surface area contributed by atoms with Gasteiger partial charge in [-0.2, -0.15) is 0 Å². The first kappa shape index (κ1) is 32.4. The normalized spacial score (nSPS) is 11.8. The lowest BCUT2D eigenvalue weighted by molar-refractivity contribution is 0.669. The van der Waals surface area contributed by atoms with Gasteiger partial charge in [-0.3, -0.25) is 0 Å². The highest BCUT2D eigenvalue weighted by Crippen LogP contribution is 2.42. The summed E-state index contributed by atoms with van der Waals surface area (Å²) in [6, 6.07) is 76.3.